The molecule has 5 bridgehead atoms. The van der Waals surface area contributed by atoms with Crippen LogP contribution in [0.4, 0.5) is 11.4 Å². The highest BCUT2D eigenvalue weighted by atomic mass is 79.9. The Balaban J connectivity index is 1.43. The van der Waals surface area contributed by atoms with Gasteiger partial charge in [-0.15, -0.1) is 0 Å². The molecule has 2 aromatic carbocycles. The Labute approximate surface area is 301 Å². The minimum Gasteiger partial charge on any atom is -0.455 e. The number of nitrogens with one attached hydrogen (secondary N) is 1. The second-order valence-corrected chi connectivity index (χ2v) is 14.0. The molecule has 1 spiro atoms. The average molecular weight is 750 g/mol. The van der Waals surface area contributed by atoms with E-state index in [1.54, 1.807) is 15.9 Å². The number of aliphatic hydroxyl groups is 1. The van der Waals surface area contributed by atoms with Gasteiger partial charge < -0.3 is 34.6 Å². The normalized spacial score (nSPS) is 29.0. The molecule has 266 valence electrons. The first kappa shape index (κ1) is 35.8. The predicted octanol–water partition coefficient (Wildman–Crippen LogP) is 4.26. The van der Waals surface area contributed by atoms with Crippen molar-refractivity contribution in [3.8, 4) is 0 Å². The summed E-state index contributed by atoms with van der Waals surface area (Å²) in [6.07, 6.45) is 5.47. The largest absolute Gasteiger partial charge is 0.455 e. The van der Waals surface area contributed by atoms with Gasteiger partial charge >= 0.3 is 5.97 Å². The maximum absolute atomic E-state index is 15.1. The van der Waals surface area contributed by atoms with E-state index in [0.29, 0.717) is 35.0 Å². The van der Waals surface area contributed by atoms with Crippen molar-refractivity contribution in [3.05, 3.63) is 82.9 Å². The smallest absolute Gasteiger partial charge is 0.313 e. The number of ether oxygens (including phenoxy) is 2. The van der Waals surface area contributed by atoms with Crippen molar-refractivity contribution in [2.75, 3.05) is 49.1 Å². The Morgan fingerprint density at radius 3 is 2.42 bits per heavy atom. The van der Waals surface area contributed by atoms with Gasteiger partial charge in [-0.05, 0) is 69.0 Å². The van der Waals surface area contributed by atoms with Crippen molar-refractivity contribution in [1.29, 1.82) is 0 Å². The van der Waals surface area contributed by atoms with Crippen LogP contribution in [0.2, 0.25) is 0 Å². The van der Waals surface area contributed by atoms with Crippen molar-refractivity contribution in [2.45, 2.75) is 63.4 Å². The second-order valence-electron chi connectivity index (χ2n) is 13.1. The summed E-state index contributed by atoms with van der Waals surface area (Å²) in [5, 5.41) is 12.5. The van der Waals surface area contributed by atoms with E-state index in [2.05, 4.69) is 40.0 Å². The minimum absolute atomic E-state index is 0.0542. The van der Waals surface area contributed by atoms with E-state index in [-0.39, 0.29) is 50.4 Å². The number of rotatable bonds is 9. The van der Waals surface area contributed by atoms with Gasteiger partial charge in [0.05, 0.1) is 12.5 Å². The minimum atomic E-state index is -1.42. The number of anilines is 2. The highest BCUT2D eigenvalue weighted by molar-refractivity contribution is 9.11. The molecular weight excluding hydrogens is 704 g/mol. The second kappa shape index (κ2) is 15.5. The number of esters is 1. The molecular formula is C38H45BrN4O7. The van der Waals surface area contributed by atoms with E-state index in [4.69, 9.17) is 9.47 Å². The number of hydrogen-bond donors (Lipinski definition) is 2. The SMILES string of the molecule is CCN(CC)c1ccc(N2C/C=C\CCC(=O)NC[C@H](c3ccccc3)OC(=O)[C@H]3[C@@H]4O[C@@]5(C=C4Br)[C@@H]3C(=O)N(CCCCO)[C@@H]5C2=O)cc1. The monoisotopic (exact) mass is 748 g/mol. The van der Waals surface area contributed by atoms with Crippen molar-refractivity contribution in [1.82, 2.24) is 10.2 Å². The lowest BCUT2D eigenvalue weighted by Crippen LogP contribution is -2.56. The molecule has 0 aromatic heterocycles. The Morgan fingerprint density at radius 2 is 1.72 bits per heavy atom. The van der Waals surface area contributed by atoms with Crippen LogP contribution in [0.3, 0.4) is 0 Å². The van der Waals surface area contributed by atoms with Gasteiger partial charge in [0.25, 0.3) is 5.91 Å². The number of carbonyl (C=O) groups is 4. The van der Waals surface area contributed by atoms with E-state index in [1.165, 1.54) is 0 Å². The summed E-state index contributed by atoms with van der Waals surface area (Å²) in [5.74, 6) is -3.58. The van der Waals surface area contributed by atoms with Crippen LogP contribution in [-0.4, -0.2) is 90.8 Å². The number of amides is 3. The quantitative estimate of drug-likeness (QED) is 0.221. The molecule has 4 aliphatic heterocycles. The van der Waals surface area contributed by atoms with E-state index in [0.717, 1.165) is 18.8 Å². The van der Waals surface area contributed by atoms with Crippen LogP contribution < -0.4 is 15.1 Å². The van der Waals surface area contributed by atoms with Crippen LogP contribution in [0.1, 0.15) is 51.2 Å². The van der Waals surface area contributed by atoms with E-state index >= 15 is 4.79 Å². The Bertz CT molecular complexity index is 1630. The first-order chi connectivity index (χ1) is 24.2. The van der Waals surface area contributed by atoms with Crippen LogP contribution in [0.15, 0.2) is 77.3 Å². The molecule has 11 nitrogen and oxygen atoms in total. The van der Waals surface area contributed by atoms with Gasteiger partial charge in [0, 0.05) is 55.1 Å². The highest BCUT2D eigenvalue weighted by Gasteiger charge is 2.75. The van der Waals surface area contributed by atoms with Crippen LogP contribution >= 0.6 is 15.9 Å². The molecule has 4 aliphatic rings. The average Bonchev–Trinajstić information content (AvgIpc) is 3.72. The van der Waals surface area contributed by atoms with Crippen molar-refractivity contribution >= 4 is 51.0 Å². The summed E-state index contributed by atoms with van der Waals surface area (Å²) in [7, 11) is 0. The van der Waals surface area contributed by atoms with Crippen molar-refractivity contribution < 1.29 is 33.8 Å². The van der Waals surface area contributed by atoms with E-state index < -0.39 is 41.7 Å². The van der Waals surface area contributed by atoms with Crippen molar-refractivity contribution in [2.24, 2.45) is 11.8 Å². The number of carbonyl (C=O) groups excluding carboxylic acids is 4. The molecule has 4 heterocycles. The first-order valence-electron chi connectivity index (χ1n) is 17.5. The third-order valence-corrected chi connectivity index (χ3v) is 10.9. The molecule has 6 atom stereocenters. The molecule has 2 N–H and O–H groups in total. The van der Waals surface area contributed by atoms with Gasteiger partial charge in [-0.25, -0.2) is 0 Å². The number of unbranched alkanes of at least 4 members (excludes halogenated alkanes) is 1. The first-order valence-corrected chi connectivity index (χ1v) is 18.3. The van der Waals surface area contributed by atoms with Crippen LogP contribution in [-0.2, 0) is 28.7 Å². The molecule has 0 saturated carbocycles. The van der Waals surface area contributed by atoms with Gasteiger partial charge in [0.15, 0.2) is 0 Å². The molecule has 12 heteroatoms. The molecule has 2 saturated heterocycles. The summed E-state index contributed by atoms with van der Waals surface area (Å²) in [4.78, 5) is 62.1. The van der Waals surface area contributed by atoms with Gasteiger partial charge in [0.1, 0.15) is 29.8 Å². The fourth-order valence-corrected chi connectivity index (χ4v) is 8.46. The number of fused-ring (bicyclic) bond motifs is 2. The molecule has 50 heavy (non-hydrogen) atoms. The standard InChI is InChI=1S/C38H45BrN4O7/c1-3-41(4-2)26-16-18-27(19-17-26)42-20-10-6-9-15-30(45)40-24-29(25-13-7-5-8-14-25)49-37(48)31-32-35(46)43(21-11-12-22-44)34(36(42)47)38(32)23-28(39)33(31)50-38/h5-8,10,13-14,16-19,23,29,31-34,44H,3-4,9,11-12,15,20-22,24H2,1-2H3,(H,40,45)/b10-6-/t29-,31-,32+,33-,34-,38+/m1/s1. The maximum atomic E-state index is 15.1. The number of cyclic esters (lactones) is 1. The maximum Gasteiger partial charge on any atom is 0.313 e. The van der Waals surface area contributed by atoms with Crippen LogP contribution in [0, 0.1) is 11.8 Å². The van der Waals surface area contributed by atoms with Crippen LogP contribution in [0.5, 0.6) is 0 Å². The van der Waals surface area contributed by atoms with Crippen molar-refractivity contribution in [3.63, 3.8) is 0 Å². The number of aliphatic hydroxyl groups excluding tert-OH is 1. The van der Waals surface area contributed by atoms with Gasteiger partial charge in [-0.1, -0.05) is 58.4 Å². The Kier molecular flexibility index (Phi) is 11.1. The van der Waals surface area contributed by atoms with Gasteiger partial charge in [-0.2, -0.15) is 0 Å². The highest BCUT2D eigenvalue weighted by Crippen LogP contribution is 2.59. The topological polar surface area (TPSA) is 129 Å². The molecule has 0 aliphatic carbocycles. The third kappa shape index (κ3) is 6.72. The molecule has 2 fully saturated rings. The number of benzene rings is 2. The summed E-state index contributed by atoms with van der Waals surface area (Å²) < 4.78 is 13.4. The number of likely N-dealkylation sites (tertiary alicyclic amines) is 1. The summed E-state index contributed by atoms with van der Waals surface area (Å²) in [6.45, 7) is 6.25. The zero-order valence-electron chi connectivity index (χ0n) is 28.5. The number of allylic oxidation sites excluding steroid dienone is 1. The predicted molar refractivity (Wildman–Crippen MR) is 192 cm³/mol. The zero-order chi connectivity index (χ0) is 35.4. The van der Waals surface area contributed by atoms with Crippen LogP contribution in [0.25, 0.3) is 0 Å². The molecule has 0 radical (unpaired) electrons. The number of nitrogens with zero attached hydrogens (tertiary/aromatic N) is 3. The number of hydrogen-bond acceptors (Lipinski definition) is 8. The fourth-order valence-electron chi connectivity index (χ4n) is 7.72. The third-order valence-electron chi connectivity index (χ3n) is 10.2. The lowest BCUT2D eigenvalue weighted by Gasteiger charge is -2.36. The number of halogens is 1. The molecule has 0 unspecified atom stereocenters. The van der Waals surface area contributed by atoms with E-state index in [1.807, 2.05) is 66.7 Å². The van der Waals surface area contributed by atoms with Gasteiger partial charge in [-0.3, -0.25) is 19.2 Å². The lowest BCUT2D eigenvalue weighted by atomic mass is 9.74. The lowest BCUT2D eigenvalue weighted by molar-refractivity contribution is -0.159. The summed E-state index contributed by atoms with van der Waals surface area (Å²) in [5.41, 5.74) is 0.949. The summed E-state index contributed by atoms with van der Waals surface area (Å²) >= 11 is 3.61. The fraction of sp³-hybridized carbons (Fsp3) is 0.474. The molecule has 2 aromatic rings. The van der Waals surface area contributed by atoms with Gasteiger partial charge in [0.2, 0.25) is 11.8 Å². The Hall–Kier alpha value is -4.00. The summed E-state index contributed by atoms with van der Waals surface area (Å²) in [6, 6.07) is 15.9. The molecule has 6 rings (SSSR count). The Morgan fingerprint density at radius 1 is 0.980 bits per heavy atom. The zero-order valence-corrected chi connectivity index (χ0v) is 30.1. The molecule has 3 amide bonds. The van der Waals surface area contributed by atoms with E-state index in [9.17, 15) is 19.5 Å².